The van der Waals surface area contributed by atoms with Crippen LogP contribution in [0.25, 0.3) is 11.0 Å². The zero-order chi connectivity index (χ0) is 24.3. The Labute approximate surface area is 203 Å². The molecule has 5 rings (SSSR count). The van der Waals surface area contributed by atoms with Gasteiger partial charge in [-0.15, -0.1) is 0 Å². The third-order valence-electron chi connectivity index (χ3n) is 5.20. The van der Waals surface area contributed by atoms with E-state index in [1.54, 1.807) is 24.3 Å². The molecule has 0 unspecified atom stereocenters. The molecule has 1 aromatic heterocycles. The van der Waals surface area contributed by atoms with Crippen molar-refractivity contribution in [1.29, 1.82) is 0 Å². The highest BCUT2D eigenvalue weighted by Gasteiger charge is 2.19. The van der Waals surface area contributed by atoms with Gasteiger partial charge in [0.1, 0.15) is 11.5 Å². The number of aryl methyl sites for hydroxylation is 1. The Morgan fingerprint density at radius 3 is 2.00 bits per heavy atom. The molecule has 0 radical (unpaired) electrons. The summed E-state index contributed by atoms with van der Waals surface area (Å²) in [5.74, 6) is 1.81. The average molecular weight is 483 g/mol. The van der Waals surface area contributed by atoms with E-state index >= 15 is 0 Å². The van der Waals surface area contributed by atoms with E-state index in [9.17, 15) is 8.42 Å². The number of nitrogens with zero attached hydrogens (tertiary/aromatic N) is 2. The third kappa shape index (κ3) is 5.23. The lowest BCUT2D eigenvalue weighted by Gasteiger charge is -2.14. The van der Waals surface area contributed by atoms with Crippen LogP contribution in [0.4, 0.5) is 17.3 Å². The fourth-order valence-corrected chi connectivity index (χ4v) is 4.61. The summed E-state index contributed by atoms with van der Waals surface area (Å²) in [5, 5.41) is 3.19. The van der Waals surface area contributed by atoms with Gasteiger partial charge in [0.2, 0.25) is 0 Å². The minimum Gasteiger partial charge on any atom is -0.457 e. The second kappa shape index (κ2) is 9.44. The number of anilines is 3. The SMILES string of the molecule is Cc1cccc(S(=O)(=O)Nc2nc3ccccc3nc2Nc2ccc(Oc3ccccc3)cc2)c1. The van der Waals surface area contributed by atoms with Crippen LogP contribution in [-0.2, 0) is 10.0 Å². The van der Waals surface area contributed by atoms with Crippen molar-refractivity contribution in [1.82, 2.24) is 9.97 Å². The lowest BCUT2D eigenvalue weighted by molar-refractivity contribution is 0.483. The number of ether oxygens (including phenoxy) is 1. The Hall–Kier alpha value is -4.43. The zero-order valence-corrected chi connectivity index (χ0v) is 19.7. The maximum Gasteiger partial charge on any atom is 0.263 e. The summed E-state index contributed by atoms with van der Waals surface area (Å²) < 4.78 is 34.6. The molecular formula is C27H22N4O3S. The molecule has 1 heterocycles. The van der Waals surface area contributed by atoms with E-state index in [0.29, 0.717) is 22.5 Å². The maximum atomic E-state index is 13.1. The third-order valence-corrected chi connectivity index (χ3v) is 6.53. The molecule has 5 aromatic rings. The van der Waals surface area contributed by atoms with E-state index in [1.807, 2.05) is 85.8 Å². The first kappa shape index (κ1) is 22.4. The number of benzene rings is 4. The fraction of sp³-hybridized carbons (Fsp3) is 0.0370. The van der Waals surface area contributed by atoms with Gasteiger partial charge < -0.3 is 10.1 Å². The van der Waals surface area contributed by atoms with Crippen molar-refractivity contribution in [2.75, 3.05) is 10.0 Å². The lowest BCUT2D eigenvalue weighted by Crippen LogP contribution is -2.16. The molecular weight excluding hydrogens is 460 g/mol. The molecule has 8 heteroatoms. The van der Waals surface area contributed by atoms with Crippen molar-refractivity contribution in [3.8, 4) is 11.5 Å². The molecule has 0 saturated carbocycles. The van der Waals surface area contributed by atoms with Crippen molar-refractivity contribution >= 4 is 38.4 Å². The number of rotatable bonds is 7. The maximum absolute atomic E-state index is 13.1. The van der Waals surface area contributed by atoms with Gasteiger partial charge in [-0.2, -0.15) is 0 Å². The minimum atomic E-state index is -3.87. The van der Waals surface area contributed by atoms with Crippen molar-refractivity contribution in [2.24, 2.45) is 0 Å². The summed E-state index contributed by atoms with van der Waals surface area (Å²) in [6.45, 7) is 1.84. The molecule has 4 aromatic carbocycles. The number of fused-ring (bicyclic) bond motifs is 1. The van der Waals surface area contributed by atoms with Gasteiger partial charge in [0.15, 0.2) is 11.6 Å². The van der Waals surface area contributed by atoms with Crippen LogP contribution in [0.5, 0.6) is 11.5 Å². The van der Waals surface area contributed by atoms with Gasteiger partial charge in [-0.05, 0) is 73.2 Å². The molecule has 0 amide bonds. The number of aromatic nitrogens is 2. The highest BCUT2D eigenvalue weighted by molar-refractivity contribution is 7.92. The number of sulfonamides is 1. The van der Waals surface area contributed by atoms with Gasteiger partial charge in [0.25, 0.3) is 10.0 Å². The molecule has 0 atom stereocenters. The summed E-state index contributed by atoms with van der Waals surface area (Å²) in [7, 11) is -3.87. The molecule has 0 spiro atoms. The number of hydrogen-bond donors (Lipinski definition) is 2. The predicted molar refractivity (Wildman–Crippen MR) is 138 cm³/mol. The van der Waals surface area contributed by atoms with Crippen LogP contribution in [0.3, 0.4) is 0 Å². The van der Waals surface area contributed by atoms with Crippen LogP contribution in [-0.4, -0.2) is 18.4 Å². The van der Waals surface area contributed by atoms with E-state index in [1.165, 1.54) is 0 Å². The monoisotopic (exact) mass is 482 g/mol. The Bertz CT molecular complexity index is 1590. The Kier molecular flexibility index (Phi) is 6.03. The van der Waals surface area contributed by atoms with Crippen molar-refractivity contribution < 1.29 is 13.2 Å². The lowest BCUT2D eigenvalue weighted by atomic mass is 10.2. The van der Waals surface area contributed by atoms with Crippen LogP contribution >= 0.6 is 0 Å². The first-order chi connectivity index (χ1) is 17.0. The topological polar surface area (TPSA) is 93.2 Å². The zero-order valence-electron chi connectivity index (χ0n) is 18.8. The van der Waals surface area contributed by atoms with E-state index in [2.05, 4.69) is 20.0 Å². The predicted octanol–water partition coefficient (Wildman–Crippen LogP) is 6.27. The Morgan fingerprint density at radius 2 is 1.31 bits per heavy atom. The molecule has 7 nitrogen and oxygen atoms in total. The Balaban J connectivity index is 1.45. The van der Waals surface area contributed by atoms with Gasteiger partial charge in [0.05, 0.1) is 15.9 Å². The first-order valence-corrected chi connectivity index (χ1v) is 12.4. The van der Waals surface area contributed by atoms with Crippen LogP contribution in [0.15, 0.2) is 108 Å². The molecule has 2 N–H and O–H groups in total. The number of hydrogen-bond acceptors (Lipinski definition) is 6. The molecule has 35 heavy (non-hydrogen) atoms. The summed E-state index contributed by atoms with van der Waals surface area (Å²) in [6, 6.07) is 30.8. The van der Waals surface area contributed by atoms with Crippen LogP contribution in [0, 0.1) is 6.92 Å². The van der Waals surface area contributed by atoms with E-state index in [0.717, 1.165) is 11.3 Å². The quantitative estimate of drug-likeness (QED) is 0.284. The van der Waals surface area contributed by atoms with E-state index in [-0.39, 0.29) is 16.5 Å². The summed E-state index contributed by atoms with van der Waals surface area (Å²) >= 11 is 0. The molecule has 0 bridgehead atoms. The molecule has 0 fully saturated rings. The Morgan fingerprint density at radius 1 is 0.686 bits per heavy atom. The van der Waals surface area contributed by atoms with Crippen molar-refractivity contribution in [2.45, 2.75) is 11.8 Å². The summed E-state index contributed by atoms with van der Waals surface area (Å²) in [4.78, 5) is 9.32. The average Bonchev–Trinajstić information content (AvgIpc) is 2.86. The van der Waals surface area contributed by atoms with Gasteiger partial charge in [0, 0.05) is 5.69 Å². The first-order valence-electron chi connectivity index (χ1n) is 10.9. The highest BCUT2D eigenvalue weighted by Crippen LogP contribution is 2.29. The van der Waals surface area contributed by atoms with E-state index < -0.39 is 10.0 Å². The van der Waals surface area contributed by atoms with Crippen LogP contribution in [0.2, 0.25) is 0 Å². The number of nitrogens with one attached hydrogen (secondary N) is 2. The van der Waals surface area contributed by atoms with Crippen LogP contribution < -0.4 is 14.8 Å². The highest BCUT2D eigenvalue weighted by atomic mass is 32.2. The summed E-state index contributed by atoms with van der Waals surface area (Å²) in [6.07, 6.45) is 0. The van der Waals surface area contributed by atoms with Gasteiger partial charge in [-0.1, -0.05) is 42.5 Å². The van der Waals surface area contributed by atoms with Crippen molar-refractivity contribution in [3.05, 3.63) is 109 Å². The standard InChI is InChI=1S/C27H22N4O3S/c1-19-8-7-11-23(18-19)35(32,33)31-27-26(29-24-12-5-6-13-25(24)30-27)28-20-14-16-22(17-15-20)34-21-9-3-2-4-10-21/h2-18H,1H3,(H,28,29)(H,30,31). The normalized spacial score (nSPS) is 11.2. The molecule has 0 saturated heterocycles. The second-order valence-corrected chi connectivity index (χ2v) is 9.58. The van der Waals surface area contributed by atoms with Gasteiger partial charge >= 0.3 is 0 Å². The molecule has 0 aliphatic carbocycles. The van der Waals surface area contributed by atoms with Crippen molar-refractivity contribution in [3.63, 3.8) is 0 Å². The molecule has 174 valence electrons. The van der Waals surface area contributed by atoms with Gasteiger partial charge in [-0.25, -0.2) is 18.4 Å². The second-order valence-electron chi connectivity index (χ2n) is 7.90. The van der Waals surface area contributed by atoms with Gasteiger partial charge in [-0.3, -0.25) is 4.72 Å². The summed E-state index contributed by atoms with van der Waals surface area (Å²) in [5.41, 5.74) is 2.75. The minimum absolute atomic E-state index is 0.106. The molecule has 0 aliphatic heterocycles. The molecule has 0 aliphatic rings. The van der Waals surface area contributed by atoms with E-state index in [4.69, 9.17) is 4.74 Å². The largest absolute Gasteiger partial charge is 0.457 e. The van der Waals surface area contributed by atoms with Crippen LogP contribution in [0.1, 0.15) is 5.56 Å². The smallest absolute Gasteiger partial charge is 0.263 e. The fourth-order valence-electron chi connectivity index (χ4n) is 3.49. The number of para-hydroxylation sites is 3.